The van der Waals surface area contributed by atoms with Gasteiger partial charge in [-0.25, -0.2) is 0 Å². The molecule has 0 aromatic carbocycles. The molecule has 0 aromatic rings. The molecule has 0 saturated carbocycles. The molecule has 0 bridgehead atoms. The van der Waals surface area contributed by atoms with Gasteiger partial charge >= 0.3 is 5.97 Å². The molecule has 2 aliphatic heterocycles. The number of thiol groups is 1. The van der Waals surface area contributed by atoms with E-state index >= 15 is 0 Å². The highest BCUT2D eigenvalue weighted by Gasteiger charge is 2.54. The van der Waals surface area contributed by atoms with Crippen molar-refractivity contribution in [2.24, 2.45) is 11.8 Å². The number of nitrogens with zero attached hydrogens (tertiary/aromatic N) is 1. The summed E-state index contributed by atoms with van der Waals surface area (Å²) in [7, 11) is 3.45. The molecular weight excluding hydrogens is 446 g/mol. The molecule has 2 fully saturated rings. The van der Waals surface area contributed by atoms with Gasteiger partial charge < -0.3 is 30.3 Å². The van der Waals surface area contributed by atoms with Crippen molar-refractivity contribution in [2.45, 2.75) is 88.3 Å². The molecule has 0 aromatic heterocycles. The van der Waals surface area contributed by atoms with Crippen LogP contribution in [0.25, 0.3) is 0 Å². The topological polar surface area (TPSA) is 120 Å². The summed E-state index contributed by atoms with van der Waals surface area (Å²) in [6.45, 7) is 7.11. The van der Waals surface area contributed by atoms with Crippen molar-refractivity contribution in [3.63, 3.8) is 0 Å². The van der Waals surface area contributed by atoms with Crippen molar-refractivity contribution in [1.29, 1.82) is 0 Å². The maximum absolute atomic E-state index is 12.6. The third-order valence-corrected chi connectivity index (χ3v) is 7.32. The van der Waals surface area contributed by atoms with Crippen LogP contribution in [0, 0.1) is 11.8 Å². The fourth-order valence-electron chi connectivity index (χ4n) is 4.68. The fraction of sp³-hybridized carbons (Fsp3) is 0.913. The first-order valence-electron chi connectivity index (χ1n) is 12.1. The summed E-state index contributed by atoms with van der Waals surface area (Å²) in [5.74, 6) is 0.0327. The van der Waals surface area contributed by atoms with Gasteiger partial charge in [0.05, 0.1) is 18.7 Å². The van der Waals surface area contributed by atoms with Crippen molar-refractivity contribution < 1.29 is 29.3 Å². The lowest BCUT2D eigenvalue weighted by Gasteiger charge is -2.47. The molecule has 192 valence electrons. The Labute approximate surface area is 203 Å². The summed E-state index contributed by atoms with van der Waals surface area (Å²) < 4.78 is 11.3. The number of amides is 1. The van der Waals surface area contributed by atoms with Crippen LogP contribution in [0.2, 0.25) is 0 Å². The molecule has 2 saturated heterocycles. The van der Waals surface area contributed by atoms with Crippen molar-refractivity contribution in [2.75, 3.05) is 33.7 Å². The minimum atomic E-state index is -1.65. The van der Waals surface area contributed by atoms with E-state index in [4.69, 9.17) is 9.47 Å². The van der Waals surface area contributed by atoms with E-state index in [1.54, 1.807) is 25.9 Å². The third kappa shape index (κ3) is 7.80. The van der Waals surface area contributed by atoms with Crippen LogP contribution in [0.5, 0.6) is 0 Å². The van der Waals surface area contributed by atoms with E-state index in [2.05, 4.69) is 30.2 Å². The van der Waals surface area contributed by atoms with Gasteiger partial charge in [-0.05, 0) is 58.7 Å². The van der Waals surface area contributed by atoms with E-state index in [1.807, 2.05) is 6.92 Å². The van der Waals surface area contributed by atoms with Crippen LogP contribution < -0.4 is 10.6 Å². The van der Waals surface area contributed by atoms with Gasteiger partial charge in [-0.3, -0.25) is 14.5 Å². The summed E-state index contributed by atoms with van der Waals surface area (Å²) in [4.78, 5) is 24.7. The number of ether oxygens (including phenoxy) is 2. The first-order valence-corrected chi connectivity index (χ1v) is 12.5. The smallest absolute Gasteiger partial charge is 0.321 e. The second-order valence-electron chi connectivity index (χ2n) is 9.99. The second kappa shape index (κ2) is 12.7. The number of hydrogen-bond acceptors (Lipinski definition) is 9. The summed E-state index contributed by atoms with van der Waals surface area (Å²) >= 11 is 4.38. The maximum Gasteiger partial charge on any atom is 0.321 e. The molecule has 2 aliphatic rings. The van der Waals surface area contributed by atoms with Crippen LogP contribution in [0.3, 0.4) is 0 Å². The minimum absolute atomic E-state index is 0.00310. The molecule has 0 spiro atoms. The number of nitrogens with one attached hydrogen (secondary N) is 2. The SMILES string of the molecule is CCCC1CCNC(C(=O)NCC(C)CC2OC(C)C(S)(OC(=O)CN(C)C)C(O)C2O)C1. The van der Waals surface area contributed by atoms with Crippen LogP contribution in [-0.2, 0) is 19.1 Å². The standard InChI is InChI=1S/C23H43N3O6S/c1-6-7-16-8-9-24-17(11-16)22(30)25-12-14(2)10-18-20(28)21(29)23(33,15(3)31-18)32-19(27)13-26(4)5/h14-18,20-21,24,28-29,33H,6-13H2,1-5H3,(H,25,30). The Morgan fingerprint density at radius 2 is 2.06 bits per heavy atom. The molecule has 4 N–H and O–H groups in total. The normalized spacial score (nSPS) is 35.8. The van der Waals surface area contributed by atoms with Gasteiger partial charge in [0.25, 0.3) is 0 Å². The van der Waals surface area contributed by atoms with Gasteiger partial charge in [-0.2, -0.15) is 0 Å². The highest BCUT2D eigenvalue weighted by molar-refractivity contribution is 7.81. The highest BCUT2D eigenvalue weighted by atomic mass is 32.1. The van der Waals surface area contributed by atoms with E-state index in [0.717, 1.165) is 32.2 Å². The van der Waals surface area contributed by atoms with E-state index in [0.29, 0.717) is 18.9 Å². The average Bonchev–Trinajstić information content (AvgIpc) is 2.74. The number of carbonyl (C=O) groups is 2. The molecule has 8 unspecified atom stereocenters. The van der Waals surface area contributed by atoms with Crippen LogP contribution in [0.15, 0.2) is 0 Å². The predicted octanol–water partition coefficient (Wildman–Crippen LogP) is 0.537. The Hall–Kier alpha value is -0.910. The summed E-state index contributed by atoms with van der Waals surface area (Å²) in [5, 5.41) is 27.7. The molecule has 33 heavy (non-hydrogen) atoms. The van der Waals surface area contributed by atoms with Gasteiger partial charge in [0.15, 0.2) is 0 Å². The Bertz CT molecular complexity index is 652. The molecular formula is C23H43N3O6S. The lowest BCUT2D eigenvalue weighted by atomic mass is 9.88. The molecule has 1 amide bonds. The van der Waals surface area contributed by atoms with Crippen molar-refractivity contribution in [3.05, 3.63) is 0 Å². The Kier molecular flexibility index (Phi) is 10.9. The van der Waals surface area contributed by atoms with Crippen LogP contribution in [0.1, 0.15) is 52.9 Å². The van der Waals surface area contributed by atoms with Gasteiger partial charge in [-0.15, -0.1) is 12.6 Å². The molecule has 2 rings (SSSR count). The number of aliphatic hydroxyl groups is 2. The molecule has 2 heterocycles. The summed E-state index contributed by atoms with van der Waals surface area (Å²) in [6, 6.07) is -0.164. The second-order valence-corrected chi connectivity index (χ2v) is 10.7. The number of likely N-dealkylation sites (N-methyl/N-ethyl adjacent to an activating group) is 1. The summed E-state index contributed by atoms with van der Waals surface area (Å²) in [6.07, 6.45) is 0.581. The number of hydrogen-bond donors (Lipinski definition) is 5. The third-order valence-electron chi connectivity index (χ3n) is 6.60. The number of esters is 1. The molecule has 10 heteroatoms. The van der Waals surface area contributed by atoms with E-state index in [1.165, 1.54) is 0 Å². The first kappa shape index (κ1) is 28.3. The molecule has 9 nitrogen and oxygen atoms in total. The number of rotatable bonds is 10. The van der Waals surface area contributed by atoms with Gasteiger partial charge in [0.1, 0.15) is 18.3 Å². The minimum Gasteiger partial charge on any atom is -0.441 e. The van der Waals surface area contributed by atoms with Crippen LogP contribution in [0.4, 0.5) is 0 Å². The van der Waals surface area contributed by atoms with Gasteiger partial charge in [-0.1, -0.05) is 26.7 Å². The zero-order valence-corrected chi connectivity index (χ0v) is 21.5. The van der Waals surface area contributed by atoms with E-state index in [9.17, 15) is 19.8 Å². The van der Waals surface area contributed by atoms with Crippen LogP contribution >= 0.6 is 12.6 Å². The zero-order valence-electron chi connectivity index (χ0n) is 20.6. The van der Waals surface area contributed by atoms with E-state index in [-0.39, 0.29) is 24.4 Å². The Morgan fingerprint density at radius 3 is 2.70 bits per heavy atom. The van der Waals surface area contributed by atoms with Gasteiger partial charge in [0.2, 0.25) is 10.8 Å². The average molecular weight is 490 g/mol. The van der Waals surface area contributed by atoms with Crippen molar-refractivity contribution in [1.82, 2.24) is 15.5 Å². The number of aliphatic hydroxyl groups excluding tert-OH is 2. The lowest BCUT2D eigenvalue weighted by molar-refractivity contribution is -0.243. The highest BCUT2D eigenvalue weighted by Crippen LogP contribution is 2.38. The van der Waals surface area contributed by atoms with Crippen LogP contribution in [-0.4, -0.2) is 96.1 Å². The lowest BCUT2D eigenvalue weighted by Crippen LogP contribution is -2.64. The Balaban J connectivity index is 1.85. The quantitative estimate of drug-likeness (QED) is 0.171. The van der Waals surface area contributed by atoms with E-state index < -0.39 is 35.3 Å². The number of carbonyl (C=O) groups excluding carboxylic acids is 2. The molecule has 8 atom stereocenters. The van der Waals surface area contributed by atoms with Crippen molar-refractivity contribution >= 4 is 24.5 Å². The zero-order chi connectivity index (χ0) is 24.8. The number of piperidine rings is 1. The molecule has 0 aliphatic carbocycles. The monoisotopic (exact) mass is 489 g/mol. The fourth-order valence-corrected chi connectivity index (χ4v) is 5.00. The maximum atomic E-state index is 12.6. The predicted molar refractivity (Wildman–Crippen MR) is 129 cm³/mol. The Morgan fingerprint density at radius 1 is 1.36 bits per heavy atom. The largest absolute Gasteiger partial charge is 0.441 e. The van der Waals surface area contributed by atoms with Gasteiger partial charge in [0, 0.05) is 6.54 Å². The van der Waals surface area contributed by atoms with Crippen molar-refractivity contribution in [3.8, 4) is 0 Å². The first-order chi connectivity index (χ1) is 15.5. The summed E-state index contributed by atoms with van der Waals surface area (Å²) in [5.41, 5.74) is 0. The molecule has 0 radical (unpaired) electrons.